The SMILES string of the molecule is COc1cc(C=O)cc(NC(C)=O)c1C. The average molecular weight is 207 g/mol. The molecule has 0 aliphatic heterocycles. The zero-order valence-electron chi connectivity index (χ0n) is 8.96. The van der Waals surface area contributed by atoms with E-state index >= 15 is 0 Å². The molecular formula is C11H13NO3. The molecule has 0 spiro atoms. The van der Waals surface area contributed by atoms with Crippen molar-refractivity contribution < 1.29 is 14.3 Å². The molecule has 0 saturated heterocycles. The van der Waals surface area contributed by atoms with E-state index in [4.69, 9.17) is 4.74 Å². The Balaban J connectivity index is 3.23. The van der Waals surface area contributed by atoms with Gasteiger partial charge in [0.2, 0.25) is 5.91 Å². The van der Waals surface area contributed by atoms with Crippen molar-refractivity contribution in [1.82, 2.24) is 0 Å². The fourth-order valence-corrected chi connectivity index (χ4v) is 1.31. The molecule has 0 radical (unpaired) electrons. The number of anilines is 1. The van der Waals surface area contributed by atoms with Crippen LogP contribution < -0.4 is 10.1 Å². The summed E-state index contributed by atoms with van der Waals surface area (Å²) in [5.41, 5.74) is 1.88. The fourth-order valence-electron chi connectivity index (χ4n) is 1.31. The smallest absolute Gasteiger partial charge is 0.221 e. The maximum absolute atomic E-state index is 10.9. The largest absolute Gasteiger partial charge is 0.496 e. The molecule has 0 saturated carbocycles. The van der Waals surface area contributed by atoms with Crippen molar-refractivity contribution in [3.63, 3.8) is 0 Å². The molecule has 4 heteroatoms. The summed E-state index contributed by atoms with van der Waals surface area (Å²) in [6.07, 6.45) is 0.716. The van der Waals surface area contributed by atoms with Crippen molar-refractivity contribution in [2.45, 2.75) is 13.8 Å². The van der Waals surface area contributed by atoms with Crippen LogP contribution in [0.3, 0.4) is 0 Å². The normalized spacial score (nSPS) is 9.53. The van der Waals surface area contributed by atoms with E-state index in [1.165, 1.54) is 14.0 Å². The lowest BCUT2D eigenvalue weighted by Crippen LogP contribution is -2.08. The minimum atomic E-state index is -0.178. The molecule has 0 fully saturated rings. The molecule has 0 aliphatic carbocycles. The van der Waals surface area contributed by atoms with Crippen molar-refractivity contribution in [1.29, 1.82) is 0 Å². The summed E-state index contributed by atoms with van der Waals surface area (Å²) >= 11 is 0. The first-order valence-corrected chi connectivity index (χ1v) is 4.50. The van der Waals surface area contributed by atoms with Crippen molar-refractivity contribution in [3.8, 4) is 5.75 Å². The number of rotatable bonds is 3. The van der Waals surface area contributed by atoms with Crippen LogP contribution in [-0.2, 0) is 4.79 Å². The highest BCUT2D eigenvalue weighted by molar-refractivity contribution is 5.91. The third-order valence-corrected chi connectivity index (χ3v) is 2.05. The molecule has 0 aliphatic rings. The summed E-state index contributed by atoms with van der Waals surface area (Å²) < 4.78 is 5.10. The van der Waals surface area contributed by atoms with Crippen molar-refractivity contribution in [2.75, 3.05) is 12.4 Å². The quantitative estimate of drug-likeness (QED) is 0.768. The maximum atomic E-state index is 10.9. The Labute approximate surface area is 88.2 Å². The second-order valence-electron chi connectivity index (χ2n) is 3.19. The van der Waals surface area contributed by atoms with Crippen LogP contribution in [-0.4, -0.2) is 19.3 Å². The van der Waals surface area contributed by atoms with E-state index in [0.717, 1.165) is 5.56 Å². The Morgan fingerprint density at radius 1 is 1.47 bits per heavy atom. The Hall–Kier alpha value is -1.84. The van der Waals surface area contributed by atoms with E-state index in [9.17, 15) is 9.59 Å². The summed E-state index contributed by atoms with van der Waals surface area (Å²) in [5.74, 6) is 0.409. The van der Waals surface area contributed by atoms with Gasteiger partial charge in [-0.3, -0.25) is 9.59 Å². The van der Waals surface area contributed by atoms with E-state index in [0.29, 0.717) is 23.3 Å². The van der Waals surface area contributed by atoms with Crippen LogP contribution in [0, 0.1) is 6.92 Å². The van der Waals surface area contributed by atoms with Gasteiger partial charge < -0.3 is 10.1 Å². The zero-order valence-corrected chi connectivity index (χ0v) is 8.96. The Bertz CT molecular complexity index is 399. The average Bonchev–Trinajstić information content (AvgIpc) is 2.20. The van der Waals surface area contributed by atoms with Crippen LogP contribution in [0.25, 0.3) is 0 Å². The van der Waals surface area contributed by atoms with Gasteiger partial charge in [-0.15, -0.1) is 0 Å². The van der Waals surface area contributed by atoms with E-state index in [1.54, 1.807) is 12.1 Å². The van der Waals surface area contributed by atoms with E-state index in [1.807, 2.05) is 6.92 Å². The van der Waals surface area contributed by atoms with E-state index in [2.05, 4.69) is 5.32 Å². The number of aldehydes is 1. The summed E-state index contributed by atoms with van der Waals surface area (Å²) in [5, 5.41) is 2.64. The van der Waals surface area contributed by atoms with E-state index in [-0.39, 0.29) is 5.91 Å². The highest BCUT2D eigenvalue weighted by atomic mass is 16.5. The minimum Gasteiger partial charge on any atom is -0.496 e. The van der Waals surface area contributed by atoms with Gasteiger partial charge in [-0.1, -0.05) is 0 Å². The zero-order chi connectivity index (χ0) is 11.4. The molecule has 1 amide bonds. The van der Waals surface area contributed by atoms with Gasteiger partial charge >= 0.3 is 0 Å². The summed E-state index contributed by atoms with van der Waals surface area (Å²) in [4.78, 5) is 21.6. The van der Waals surface area contributed by atoms with Gasteiger partial charge in [-0.05, 0) is 19.1 Å². The lowest BCUT2D eigenvalue weighted by molar-refractivity contribution is -0.114. The first-order chi connectivity index (χ1) is 7.08. The third-order valence-electron chi connectivity index (χ3n) is 2.05. The Morgan fingerprint density at radius 2 is 2.13 bits per heavy atom. The minimum absolute atomic E-state index is 0.178. The Kier molecular flexibility index (Phi) is 3.44. The second kappa shape index (κ2) is 4.59. The van der Waals surface area contributed by atoms with Gasteiger partial charge in [0.15, 0.2) is 0 Å². The summed E-state index contributed by atoms with van der Waals surface area (Å²) in [6, 6.07) is 3.25. The first-order valence-electron chi connectivity index (χ1n) is 4.50. The molecule has 15 heavy (non-hydrogen) atoms. The fraction of sp³-hybridized carbons (Fsp3) is 0.273. The molecule has 1 N–H and O–H groups in total. The van der Waals surface area contributed by atoms with Gasteiger partial charge in [0.25, 0.3) is 0 Å². The number of amides is 1. The number of hydrogen-bond donors (Lipinski definition) is 1. The van der Waals surface area contributed by atoms with Gasteiger partial charge in [0, 0.05) is 23.7 Å². The van der Waals surface area contributed by atoms with Crippen LogP contribution in [0.2, 0.25) is 0 Å². The highest BCUT2D eigenvalue weighted by Gasteiger charge is 2.08. The molecule has 0 bridgehead atoms. The molecule has 80 valence electrons. The predicted octanol–water partition coefficient (Wildman–Crippen LogP) is 1.77. The van der Waals surface area contributed by atoms with Gasteiger partial charge in [0.1, 0.15) is 12.0 Å². The number of benzene rings is 1. The lowest BCUT2D eigenvalue weighted by Gasteiger charge is -2.11. The molecule has 0 unspecified atom stereocenters. The van der Waals surface area contributed by atoms with Crippen LogP contribution in [0.5, 0.6) is 5.75 Å². The summed E-state index contributed by atoms with van der Waals surface area (Å²) in [7, 11) is 1.52. The molecule has 0 atom stereocenters. The maximum Gasteiger partial charge on any atom is 0.221 e. The van der Waals surface area contributed by atoms with Crippen LogP contribution in [0.1, 0.15) is 22.8 Å². The number of hydrogen-bond acceptors (Lipinski definition) is 3. The van der Waals surface area contributed by atoms with Crippen molar-refractivity contribution in [2.24, 2.45) is 0 Å². The van der Waals surface area contributed by atoms with Crippen molar-refractivity contribution in [3.05, 3.63) is 23.3 Å². The predicted molar refractivity (Wildman–Crippen MR) is 57.4 cm³/mol. The standard InChI is InChI=1S/C11H13NO3/c1-7-10(12-8(2)14)4-9(6-13)5-11(7)15-3/h4-6H,1-3H3,(H,12,14). The molecule has 1 rings (SSSR count). The van der Waals surface area contributed by atoms with E-state index < -0.39 is 0 Å². The van der Waals surface area contributed by atoms with Crippen LogP contribution in [0.15, 0.2) is 12.1 Å². The third kappa shape index (κ3) is 2.56. The van der Waals surface area contributed by atoms with Crippen LogP contribution in [0.4, 0.5) is 5.69 Å². The number of methoxy groups -OCH3 is 1. The number of carbonyl (C=O) groups is 2. The molecular weight excluding hydrogens is 194 g/mol. The van der Waals surface area contributed by atoms with Crippen LogP contribution >= 0.6 is 0 Å². The number of nitrogens with one attached hydrogen (secondary N) is 1. The summed E-state index contributed by atoms with van der Waals surface area (Å²) in [6.45, 7) is 3.23. The van der Waals surface area contributed by atoms with Crippen molar-refractivity contribution >= 4 is 17.9 Å². The molecule has 0 aromatic heterocycles. The topological polar surface area (TPSA) is 55.4 Å². The highest BCUT2D eigenvalue weighted by Crippen LogP contribution is 2.27. The second-order valence-corrected chi connectivity index (χ2v) is 3.19. The molecule has 0 heterocycles. The van der Waals surface area contributed by atoms with Gasteiger partial charge in [-0.25, -0.2) is 0 Å². The van der Waals surface area contributed by atoms with Gasteiger partial charge in [0.05, 0.1) is 7.11 Å². The lowest BCUT2D eigenvalue weighted by atomic mass is 10.1. The number of carbonyl (C=O) groups excluding carboxylic acids is 2. The Morgan fingerprint density at radius 3 is 2.60 bits per heavy atom. The molecule has 4 nitrogen and oxygen atoms in total. The molecule has 1 aromatic rings. The van der Waals surface area contributed by atoms with Gasteiger partial charge in [-0.2, -0.15) is 0 Å². The molecule has 1 aromatic carbocycles. The first kappa shape index (κ1) is 11.2. The monoisotopic (exact) mass is 207 g/mol. The number of ether oxygens (including phenoxy) is 1.